The molecule has 12 heteroatoms. The van der Waals surface area contributed by atoms with Crippen LogP contribution in [-0.4, -0.2) is 38.7 Å². The van der Waals surface area contributed by atoms with E-state index in [-0.39, 0.29) is 17.1 Å². The Morgan fingerprint density at radius 1 is 1.08 bits per heavy atom. The zero-order chi connectivity index (χ0) is 25.7. The Morgan fingerprint density at radius 2 is 1.92 bits per heavy atom. The molecule has 0 aliphatic carbocycles. The number of alkyl halides is 3. The Balaban J connectivity index is 1.76. The lowest BCUT2D eigenvalue weighted by Crippen LogP contribution is -2.20. The van der Waals surface area contributed by atoms with Gasteiger partial charge in [-0.15, -0.1) is 13.2 Å². The summed E-state index contributed by atoms with van der Waals surface area (Å²) in [5, 5.41) is 8.58. The third kappa shape index (κ3) is 5.60. The second-order valence-corrected chi connectivity index (χ2v) is 7.18. The molecule has 0 unspecified atom stereocenters. The third-order valence-electron chi connectivity index (χ3n) is 4.78. The van der Waals surface area contributed by atoms with Crippen LogP contribution in [-0.2, 0) is 0 Å². The van der Waals surface area contributed by atoms with Crippen LogP contribution in [0.25, 0.3) is 11.4 Å². The molecule has 2 aromatic heterocycles. The number of ether oxygens (including phenoxy) is 2. The monoisotopic (exact) mass is 496 g/mol. The SMILES string of the molecule is COc1cc(-n2cccn2)ccc1-n1ccc(=O)c(C(C=CN)=Nc2cccc(OC(F)(F)F)c2)n1. The normalized spacial score (nSPS) is 12.2. The molecule has 2 N–H and O–H groups in total. The summed E-state index contributed by atoms with van der Waals surface area (Å²) in [7, 11) is 1.50. The Labute approximate surface area is 202 Å². The van der Waals surface area contributed by atoms with Crippen molar-refractivity contribution in [3.8, 4) is 22.9 Å². The lowest BCUT2D eigenvalue weighted by Gasteiger charge is -2.13. The fourth-order valence-electron chi connectivity index (χ4n) is 3.29. The van der Waals surface area contributed by atoms with Gasteiger partial charge in [-0.2, -0.15) is 10.2 Å². The molecule has 4 rings (SSSR count). The van der Waals surface area contributed by atoms with Crippen LogP contribution in [0.3, 0.4) is 0 Å². The fourth-order valence-corrected chi connectivity index (χ4v) is 3.29. The van der Waals surface area contributed by atoms with E-state index in [1.54, 1.807) is 41.3 Å². The first-order valence-corrected chi connectivity index (χ1v) is 10.4. The molecule has 0 fully saturated rings. The minimum atomic E-state index is -4.86. The summed E-state index contributed by atoms with van der Waals surface area (Å²) in [5.74, 6) is -0.00442. The van der Waals surface area contributed by atoms with Crippen molar-refractivity contribution >= 4 is 11.4 Å². The van der Waals surface area contributed by atoms with E-state index in [0.29, 0.717) is 11.4 Å². The summed E-state index contributed by atoms with van der Waals surface area (Å²) in [6, 6.07) is 13.4. The van der Waals surface area contributed by atoms with E-state index in [9.17, 15) is 18.0 Å². The van der Waals surface area contributed by atoms with Gasteiger partial charge in [0.1, 0.15) is 17.2 Å². The molecule has 0 spiro atoms. The average Bonchev–Trinajstić information content (AvgIpc) is 3.38. The number of hydrogen-bond donors (Lipinski definition) is 1. The maximum atomic E-state index is 12.7. The van der Waals surface area contributed by atoms with Gasteiger partial charge in [0, 0.05) is 36.8 Å². The van der Waals surface area contributed by atoms with E-state index in [0.717, 1.165) is 24.0 Å². The molecular formula is C24H19F3N6O3. The minimum absolute atomic E-state index is 0.0353. The molecule has 9 nitrogen and oxygen atoms in total. The highest BCUT2D eigenvalue weighted by Crippen LogP contribution is 2.27. The number of allylic oxidation sites excluding steroid dienone is 1. The van der Waals surface area contributed by atoms with Crippen LogP contribution in [0.15, 0.2) is 95.3 Å². The maximum Gasteiger partial charge on any atom is 0.573 e. The summed E-state index contributed by atoms with van der Waals surface area (Å²) < 4.78 is 50.3. The molecule has 0 saturated heterocycles. The highest BCUT2D eigenvalue weighted by molar-refractivity contribution is 6.08. The van der Waals surface area contributed by atoms with Crippen LogP contribution < -0.4 is 20.6 Å². The number of halogens is 3. The van der Waals surface area contributed by atoms with Gasteiger partial charge in [0.25, 0.3) is 0 Å². The molecule has 0 aliphatic heterocycles. The number of nitrogens with two attached hydrogens (primary N) is 1. The molecule has 0 radical (unpaired) electrons. The van der Waals surface area contributed by atoms with Gasteiger partial charge < -0.3 is 15.2 Å². The van der Waals surface area contributed by atoms with E-state index in [1.807, 2.05) is 0 Å². The van der Waals surface area contributed by atoms with Crippen molar-refractivity contribution in [2.75, 3.05) is 7.11 Å². The molecule has 184 valence electrons. The maximum absolute atomic E-state index is 12.7. The number of nitrogens with zero attached hydrogens (tertiary/aromatic N) is 5. The topological polar surface area (TPSA) is 110 Å². The van der Waals surface area contributed by atoms with Crippen molar-refractivity contribution in [3.05, 3.63) is 101 Å². The van der Waals surface area contributed by atoms with E-state index in [1.165, 1.54) is 42.3 Å². The number of methoxy groups -OCH3 is 1. The predicted octanol–water partition coefficient (Wildman–Crippen LogP) is 3.92. The lowest BCUT2D eigenvalue weighted by atomic mass is 10.2. The zero-order valence-corrected chi connectivity index (χ0v) is 18.8. The predicted molar refractivity (Wildman–Crippen MR) is 126 cm³/mol. The third-order valence-corrected chi connectivity index (χ3v) is 4.78. The zero-order valence-electron chi connectivity index (χ0n) is 18.8. The summed E-state index contributed by atoms with van der Waals surface area (Å²) in [6.45, 7) is 0. The average molecular weight is 496 g/mol. The van der Waals surface area contributed by atoms with E-state index < -0.39 is 17.5 Å². The minimum Gasteiger partial charge on any atom is -0.494 e. The van der Waals surface area contributed by atoms with Crippen molar-refractivity contribution in [2.24, 2.45) is 10.7 Å². The first-order valence-electron chi connectivity index (χ1n) is 10.4. The lowest BCUT2D eigenvalue weighted by molar-refractivity contribution is -0.274. The summed E-state index contributed by atoms with van der Waals surface area (Å²) in [5.41, 5.74) is 6.39. The molecule has 0 saturated carbocycles. The van der Waals surface area contributed by atoms with Gasteiger partial charge in [-0.05, 0) is 42.6 Å². The van der Waals surface area contributed by atoms with Crippen molar-refractivity contribution in [3.63, 3.8) is 0 Å². The Kier molecular flexibility index (Phi) is 6.86. The molecular weight excluding hydrogens is 477 g/mol. The second kappa shape index (κ2) is 10.2. The molecule has 2 aromatic carbocycles. The Morgan fingerprint density at radius 3 is 2.61 bits per heavy atom. The highest BCUT2D eigenvalue weighted by atomic mass is 19.4. The smallest absolute Gasteiger partial charge is 0.494 e. The van der Waals surface area contributed by atoms with E-state index >= 15 is 0 Å². The van der Waals surface area contributed by atoms with Crippen LogP contribution in [0.5, 0.6) is 11.5 Å². The van der Waals surface area contributed by atoms with Crippen LogP contribution in [0.4, 0.5) is 18.9 Å². The van der Waals surface area contributed by atoms with Crippen molar-refractivity contribution < 1.29 is 22.6 Å². The number of aromatic nitrogens is 4. The van der Waals surface area contributed by atoms with Crippen molar-refractivity contribution in [1.29, 1.82) is 0 Å². The van der Waals surface area contributed by atoms with Gasteiger partial charge in [0.05, 0.1) is 24.2 Å². The van der Waals surface area contributed by atoms with Crippen LogP contribution in [0.1, 0.15) is 5.69 Å². The molecule has 0 bridgehead atoms. The molecule has 0 atom stereocenters. The standard InChI is InChI=1S/C24H19F3N6O3/c1-35-22-15-17(32-12-3-11-29-32)6-7-20(22)33-13-9-21(34)23(31-33)19(8-10-28)30-16-4-2-5-18(14-16)36-24(25,26)27/h2-15H,28H2,1H3. The fraction of sp³-hybridized carbons (Fsp3) is 0.0833. The molecule has 0 amide bonds. The van der Waals surface area contributed by atoms with Gasteiger partial charge in [0.15, 0.2) is 5.69 Å². The Bertz CT molecular complexity index is 1480. The van der Waals surface area contributed by atoms with Gasteiger partial charge in [-0.3, -0.25) is 4.79 Å². The Hall–Kier alpha value is -4.87. The first-order chi connectivity index (χ1) is 17.3. The quantitative estimate of drug-likeness (QED) is 0.389. The second-order valence-electron chi connectivity index (χ2n) is 7.18. The van der Waals surface area contributed by atoms with Crippen LogP contribution in [0.2, 0.25) is 0 Å². The number of aliphatic imine (C=N–C) groups is 1. The largest absolute Gasteiger partial charge is 0.573 e. The number of hydrogen-bond acceptors (Lipinski definition) is 7. The summed E-state index contributed by atoms with van der Waals surface area (Å²) >= 11 is 0. The van der Waals surface area contributed by atoms with Gasteiger partial charge >= 0.3 is 6.36 Å². The molecule has 36 heavy (non-hydrogen) atoms. The van der Waals surface area contributed by atoms with Crippen LogP contribution in [0, 0.1) is 0 Å². The van der Waals surface area contributed by atoms with Crippen LogP contribution >= 0.6 is 0 Å². The van der Waals surface area contributed by atoms with Gasteiger partial charge in [0.2, 0.25) is 5.43 Å². The summed E-state index contributed by atoms with van der Waals surface area (Å²) in [6.07, 6.45) is 2.49. The number of rotatable bonds is 7. The molecule has 2 heterocycles. The summed E-state index contributed by atoms with van der Waals surface area (Å²) in [4.78, 5) is 17.0. The van der Waals surface area contributed by atoms with Gasteiger partial charge in [-0.25, -0.2) is 14.4 Å². The van der Waals surface area contributed by atoms with E-state index in [4.69, 9.17) is 10.5 Å². The van der Waals surface area contributed by atoms with E-state index in [2.05, 4.69) is 19.9 Å². The molecule has 4 aromatic rings. The van der Waals surface area contributed by atoms with Crippen molar-refractivity contribution in [2.45, 2.75) is 6.36 Å². The first kappa shape index (κ1) is 24.3. The van der Waals surface area contributed by atoms with Crippen molar-refractivity contribution in [1.82, 2.24) is 19.6 Å². The highest BCUT2D eigenvalue weighted by Gasteiger charge is 2.31. The van der Waals surface area contributed by atoms with Gasteiger partial charge in [-0.1, -0.05) is 6.07 Å². The molecule has 0 aliphatic rings. The number of benzene rings is 2.